The van der Waals surface area contributed by atoms with Crippen molar-refractivity contribution in [2.45, 2.75) is 12.8 Å². The topological polar surface area (TPSA) is 62.9 Å². The van der Waals surface area contributed by atoms with Gasteiger partial charge in [-0.2, -0.15) is 10.1 Å². The molecular formula is C16H13IN2O3. The van der Waals surface area contributed by atoms with Crippen LogP contribution in [0.2, 0.25) is 0 Å². The van der Waals surface area contributed by atoms with Crippen molar-refractivity contribution in [2.24, 2.45) is 34.2 Å². The summed E-state index contributed by atoms with van der Waals surface area (Å²) in [6.07, 6.45) is 8.06. The molecule has 1 spiro atoms. The fraction of sp³-hybridized carbons (Fsp3) is 0.438. The van der Waals surface area contributed by atoms with Crippen LogP contribution in [0.5, 0.6) is 0 Å². The Balaban J connectivity index is 1.45. The van der Waals surface area contributed by atoms with E-state index in [9.17, 15) is 9.59 Å². The number of carbonyl (C=O) groups excluding carboxylic acids is 2. The van der Waals surface area contributed by atoms with Crippen LogP contribution >= 0.6 is 22.6 Å². The largest absolute Gasteiger partial charge is 0.449 e. The van der Waals surface area contributed by atoms with Crippen LogP contribution in [0.1, 0.15) is 18.6 Å². The molecule has 6 heteroatoms. The van der Waals surface area contributed by atoms with Crippen molar-refractivity contribution in [3.8, 4) is 0 Å². The molecule has 0 aromatic carbocycles. The van der Waals surface area contributed by atoms with Gasteiger partial charge in [0.2, 0.25) is 0 Å². The van der Waals surface area contributed by atoms with E-state index in [4.69, 9.17) is 4.42 Å². The minimum Gasteiger partial charge on any atom is -0.449 e. The lowest BCUT2D eigenvalue weighted by atomic mass is 9.85. The summed E-state index contributed by atoms with van der Waals surface area (Å²) in [7, 11) is 0. The summed E-state index contributed by atoms with van der Waals surface area (Å²) in [6, 6.07) is 3.58. The number of furan rings is 1. The molecule has 1 saturated heterocycles. The Morgan fingerprint density at radius 1 is 1.18 bits per heavy atom. The minimum absolute atomic E-state index is 0.143. The summed E-state index contributed by atoms with van der Waals surface area (Å²) in [5, 5.41) is 5.16. The number of rotatable bonds is 2. The van der Waals surface area contributed by atoms with Crippen LogP contribution in [-0.2, 0) is 9.59 Å². The Morgan fingerprint density at radius 2 is 1.82 bits per heavy atom. The first kappa shape index (κ1) is 13.0. The van der Waals surface area contributed by atoms with Gasteiger partial charge in [-0.05, 0) is 64.8 Å². The van der Waals surface area contributed by atoms with Gasteiger partial charge in [0.25, 0.3) is 11.8 Å². The number of nitrogens with zero attached hydrogens (tertiary/aromatic N) is 2. The molecule has 3 aliphatic carbocycles. The SMILES string of the molecule is O=C1[C@@H]2[C@H](C(=O)N1/N=C\c1ccc(I)o1)[C@H]1C=C[C@@H]2C12CC2. The molecule has 5 rings (SSSR count). The Kier molecular flexibility index (Phi) is 2.43. The predicted molar refractivity (Wildman–Crippen MR) is 85.6 cm³/mol. The molecule has 1 aromatic rings. The molecule has 0 unspecified atom stereocenters. The third kappa shape index (κ3) is 1.46. The number of hydrogen-bond donors (Lipinski definition) is 0. The number of hydrogen-bond acceptors (Lipinski definition) is 4. The Hall–Kier alpha value is -1.44. The first-order valence-electron chi connectivity index (χ1n) is 7.47. The Labute approximate surface area is 140 Å². The molecule has 0 radical (unpaired) electrons. The van der Waals surface area contributed by atoms with Crippen LogP contribution in [0.3, 0.4) is 0 Å². The van der Waals surface area contributed by atoms with Crippen LogP contribution in [0.15, 0.2) is 33.8 Å². The van der Waals surface area contributed by atoms with Crippen LogP contribution in [0.25, 0.3) is 0 Å². The fourth-order valence-electron chi connectivity index (χ4n) is 4.69. The monoisotopic (exact) mass is 408 g/mol. The third-order valence-corrected chi connectivity index (χ3v) is 6.30. The molecule has 2 heterocycles. The second kappa shape index (κ2) is 4.10. The Morgan fingerprint density at radius 3 is 2.32 bits per heavy atom. The van der Waals surface area contributed by atoms with Crippen molar-refractivity contribution in [1.29, 1.82) is 0 Å². The molecule has 2 saturated carbocycles. The summed E-state index contributed by atoms with van der Waals surface area (Å²) in [6.45, 7) is 0. The first-order valence-corrected chi connectivity index (χ1v) is 8.55. The zero-order valence-corrected chi connectivity index (χ0v) is 13.8. The smallest absolute Gasteiger partial charge is 0.254 e. The highest BCUT2D eigenvalue weighted by Crippen LogP contribution is 2.73. The van der Waals surface area contributed by atoms with E-state index in [1.165, 1.54) is 6.21 Å². The molecular weight excluding hydrogens is 395 g/mol. The summed E-state index contributed by atoms with van der Waals surface area (Å²) in [5.41, 5.74) is 0.230. The second-order valence-electron chi connectivity index (χ2n) is 6.60. The van der Waals surface area contributed by atoms with Gasteiger partial charge in [-0.3, -0.25) is 9.59 Å². The highest BCUT2D eigenvalue weighted by atomic mass is 127. The Bertz CT molecular complexity index is 727. The van der Waals surface area contributed by atoms with Crippen LogP contribution in [0, 0.1) is 32.9 Å². The van der Waals surface area contributed by atoms with Crippen LogP contribution in [0.4, 0.5) is 0 Å². The average Bonchev–Trinajstić information content (AvgIpc) is 2.87. The second-order valence-corrected chi connectivity index (χ2v) is 7.66. The first-order chi connectivity index (χ1) is 10.6. The van der Waals surface area contributed by atoms with Crippen molar-refractivity contribution in [3.63, 3.8) is 0 Å². The van der Waals surface area contributed by atoms with E-state index in [2.05, 4.69) is 39.8 Å². The third-order valence-electron chi connectivity index (χ3n) is 5.72. The molecule has 0 N–H and O–H groups in total. The summed E-state index contributed by atoms with van der Waals surface area (Å²) in [5.74, 6) is 0.346. The molecule has 2 amide bonds. The molecule has 5 nitrogen and oxygen atoms in total. The highest BCUT2D eigenvalue weighted by molar-refractivity contribution is 14.1. The lowest BCUT2D eigenvalue weighted by molar-refractivity contribution is -0.141. The van der Waals surface area contributed by atoms with E-state index in [1.807, 2.05) is 6.07 Å². The number of amides is 2. The standard InChI is InChI=1S/C16H13IN2O3/c17-11-4-1-8(22-11)7-18-19-14(20)12-9-2-3-10(13(12)15(19)21)16(9)5-6-16/h1-4,7,9-10,12-13H,5-6H2/b18-7-/t9-,10+,12-,13+. The maximum atomic E-state index is 12.7. The van der Waals surface area contributed by atoms with Gasteiger partial charge < -0.3 is 4.42 Å². The maximum Gasteiger partial charge on any atom is 0.254 e. The van der Waals surface area contributed by atoms with Gasteiger partial charge in [0, 0.05) is 0 Å². The fourth-order valence-corrected chi connectivity index (χ4v) is 5.12. The van der Waals surface area contributed by atoms with Crippen molar-refractivity contribution in [2.75, 3.05) is 0 Å². The van der Waals surface area contributed by atoms with Gasteiger partial charge in [-0.15, -0.1) is 0 Å². The highest BCUT2D eigenvalue weighted by Gasteiger charge is 2.73. The van der Waals surface area contributed by atoms with Gasteiger partial charge in [0.15, 0.2) is 3.77 Å². The average molecular weight is 408 g/mol. The number of allylic oxidation sites excluding steroid dienone is 2. The van der Waals surface area contributed by atoms with Crippen molar-refractivity contribution >= 4 is 40.6 Å². The molecule has 3 fully saturated rings. The normalized spacial score (nSPS) is 37.0. The summed E-state index contributed by atoms with van der Waals surface area (Å²) in [4.78, 5) is 25.3. The number of hydrazone groups is 1. The molecule has 4 atom stereocenters. The van der Waals surface area contributed by atoms with Gasteiger partial charge in [0.05, 0.1) is 18.1 Å². The van der Waals surface area contributed by atoms with E-state index < -0.39 is 0 Å². The summed E-state index contributed by atoms with van der Waals surface area (Å²) >= 11 is 2.06. The van der Waals surface area contributed by atoms with E-state index in [1.54, 1.807) is 6.07 Å². The molecule has 4 aliphatic rings. The molecule has 1 aliphatic heterocycles. The maximum absolute atomic E-state index is 12.7. The van der Waals surface area contributed by atoms with Gasteiger partial charge >= 0.3 is 0 Å². The summed E-state index contributed by atoms with van der Waals surface area (Å²) < 4.78 is 6.12. The molecule has 1 aromatic heterocycles. The number of halogens is 1. The molecule has 22 heavy (non-hydrogen) atoms. The molecule has 112 valence electrons. The van der Waals surface area contributed by atoms with Crippen molar-refractivity contribution < 1.29 is 14.0 Å². The van der Waals surface area contributed by atoms with E-state index in [0.29, 0.717) is 5.76 Å². The van der Waals surface area contributed by atoms with Crippen LogP contribution in [-0.4, -0.2) is 23.0 Å². The van der Waals surface area contributed by atoms with Gasteiger partial charge in [0.1, 0.15) is 5.76 Å². The van der Waals surface area contributed by atoms with Gasteiger partial charge in [-0.1, -0.05) is 12.2 Å². The van der Waals surface area contributed by atoms with E-state index in [0.717, 1.165) is 21.6 Å². The zero-order valence-electron chi connectivity index (χ0n) is 11.6. The lowest BCUT2D eigenvalue weighted by Crippen LogP contribution is -2.30. The quantitative estimate of drug-likeness (QED) is 0.327. The van der Waals surface area contributed by atoms with Crippen LogP contribution < -0.4 is 0 Å². The van der Waals surface area contributed by atoms with E-state index >= 15 is 0 Å². The predicted octanol–water partition coefficient (Wildman–Crippen LogP) is 2.42. The van der Waals surface area contributed by atoms with Gasteiger partial charge in [-0.25, -0.2) is 0 Å². The number of fused-ring (bicyclic) bond motifs is 3. The van der Waals surface area contributed by atoms with E-state index in [-0.39, 0.29) is 40.9 Å². The molecule has 2 bridgehead atoms. The zero-order chi connectivity index (χ0) is 15.1. The van der Waals surface area contributed by atoms with Crippen molar-refractivity contribution in [1.82, 2.24) is 5.01 Å². The van der Waals surface area contributed by atoms with Crippen molar-refractivity contribution in [3.05, 3.63) is 33.8 Å². The number of carbonyl (C=O) groups is 2. The number of imide groups is 1. The lowest BCUT2D eigenvalue weighted by Gasteiger charge is -2.18. The minimum atomic E-state index is -0.195.